The highest BCUT2D eigenvalue weighted by Gasteiger charge is 2.19. The van der Waals surface area contributed by atoms with Crippen molar-refractivity contribution in [3.63, 3.8) is 0 Å². The number of nitrogens with zero attached hydrogens (tertiary/aromatic N) is 2. The minimum atomic E-state index is -0.164. The molecule has 1 saturated heterocycles. The van der Waals surface area contributed by atoms with Crippen LogP contribution in [-0.2, 0) is 4.74 Å². The highest BCUT2D eigenvalue weighted by Crippen LogP contribution is 2.17. The summed E-state index contributed by atoms with van der Waals surface area (Å²) in [5.41, 5.74) is 1.65. The second-order valence-corrected chi connectivity index (χ2v) is 3.75. The highest BCUT2D eigenvalue weighted by atomic mass is 16.5. The molecule has 1 aromatic heterocycles. The Morgan fingerprint density at radius 2 is 2.06 bits per heavy atom. The third kappa shape index (κ3) is 2.16. The number of anilines is 1. The van der Waals surface area contributed by atoms with E-state index in [0.29, 0.717) is 32.2 Å². The Balaban J connectivity index is 1.98. The van der Waals surface area contributed by atoms with Crippen molar-refractivity contribution >= 4 is 11.9 Å². The first-order chi connectivity index (χ1) is 7.68. The molecule has 6 heteroatoms. The third-order valence-electron chi connectivity index (χ3n) is 2.68. The van der Waals surface area contributed by atoms with Crippen LogP contribution in [0.15, 0.2) is 4.52 Å². The molecule has 0 bridgehead atoms. The van der Waals surface area contributed by atoms with Crippen molar-refractivity contribution in [2.75, 3.05) is 31.6 Å². The van der Waals surface area contributed by atoms with Gasteiger partial charge in [0, 0.05) is 18.7 Å². The van der Waals surface area contributed by atoms with Crippen LogP contribution in [0.4, 0.5) is 10.7 Å². The summed E-state index contributed by atoms with van der Waals surface area (Å²) in [6.07, 6.45) is 0. The Bertz CT molecular complexity index is 383. The standard InChI is InChI=1S/C10H15N3O3/c1-7-8(2)12-16-9(7)11-10(14)13-3-5-15-6-4-13/h3-6H2,1-2H3,(H,11,14). The van der Waals surface area contributed by atoms with Crippen molar-refractivity contribution in [1.29, 1.82) is 0 Å². The molecule has 0 aromatic carbocycles. The maximum atomic E-state index is 11.8. The number of nitrogens with one attached hydrogen (secondary N) is 1. The summed E-state index contributed by atoms with van der Waals surface area (Å²) in [5, 5.41) is 6.48. The maximum absolute atomic E-state index is 11.8. The van der Waals surface area contributed by atoms with Crippen LogP contribution in [0.3, 0.4) is 0 Å². The van der Waals surface area contributed by atoms with E-state index in [1.807, 2.05) is 13.8 Å². The molecule has 1 fully saturated rings. The van der Waals surface area contributed by atoms with Crippen LogP contribution in [0.5, 0.6) is 0 Å². The molecule has 6 nitrogen and oxygen atoms in total. The van der Waals surface area contributed by atoms with E-state index in [9.17, 15) is 4.79 Å². The summed E-state index contributed by atoms with van der Waals surface area (Å²) in [5.74, 6) is 0.425. The largest absolute Gasteiger partial charge is 0.378 e. The molecule has 2 amide bonds. The van der Waals surface area contributed by atoms with Crippen LogP contribution < -0.4 is 5.32 Å². The normalized spacial score (nSPS) is 16.2. The van der Waals surface area contributed by atoms with Crippen molar-refractivity contribution in [2.24, 2.45) is 0 Å². The van der Waals surface area contributed by atoms with Crippen LogP contribution in [0, 0.1) is 13.8 Å². The monoisotopic (exact) mass is 225 g/mol. The Labute approximate surface area is 93.5 Å². The molecule has 0 spiro atoms. The van der Waals surface area contributed by atoms with E-state index in [1.165, 1.54) is 0 Å². The fourth-order valence-corrected chi connectivity index (χ4v) is 1.47. The second-order valence-electron chi connectivity index (χ2n) is 3.75. The van der Waals surface area contributed by atoms with E-state index in [-0.39, 0.29) is 6.03 Å². The summed E-state index contributed by atoms with van der Waals surface area (Å²) in [6, 6.07) is -0.164. The van der Waals surface area contributed by atoms with Gasteiger partial charge in [0.2, 0.25) is 5.88 Å². The zero-order valence-corrected chi connectivity index (χ0v) is 9.45. The van der Waals surface area contributed by atoms with Crippen LogP contribution in [0.1, 0.15) is 11.3 Å². The van der Waals surface area contributed by atoms with Gasteiger partial charge in [0.1, 0.15) is 0 Å². The number of hydrogen-bond donors (Lipinski definition) is 1. The van der Waals surface area contributed by atoms with Crippen molar-refractivity contribution in [2.45, 2.75) is 13.8 Å². The first-order valence-corrected chi connectivity index (χ1v) is 5.25. The van der Waals surface area contributed by atoms with Gasteiger partial charge in [0.15, 0.2) is 0 Å². The first kappa shape index (κ1) is 10.9. The van der Waals surface area contributed by atoms with E-state index in [0.717, 1.165) is 11.3 Å². The number of urea groups is 1. The van der Waals surface area contributed by atoms with Crippen LogP contribution >= 0.6 is 0 Å². The molecular weight excluding hydrogens is 210 g/mol. The number of hydrogen-bond acceptors (Lipinski definition) is 4. The highest BCUT2D eigenvalue weighted by molar-refractivity contribution is 5.88. The first-order valence-electron chi connectivity index (χ1n) is 5.25. The van der Waals surface area contributed by atoms with Gasteiger partial charge in [-0.25, -0.2) is 4.79 Å². The molecule has 2 heterocycles. The molecule has 1 aliphatic rings. The average molecular weight is 225 g/mol. The summed E-state index contributed by atoms with van der Waals surface area (Å²) in [4.78, 5) is 13.5. The summed E-state index contributed by atoms with van der Waals surface area (Å²) in [7, 11) is 0. The Morgan fingerprint density at radius 3 is 2.62 bits per heavy atom. The maximum Gasteiger partial charge on any atom is 0.324 e. The fraction of sp³-hybridized carbons (Fsp3) is 0.600. The van der Waals surface area contributed by atoms with Gasteiger partial charge in [-0.2, -0.15) is 0 Å². The Kier molecular flexibility index (Phi) is 3.09. The Hall–Kier alpha value is -1.56. The van der Waals surface area contributed by atoms with Gasteiger partial charge in [-0.05, 0) is 13.8 Å². The van der Waals surface area contributed by atoms with Gasteiger partial charge in [-0.15, -0.1) is 0 Å². The van der Waals surface area contributed by atoms with E-state index in [1.54, 1.807) is 4.90 Å². The van der Waals surface area contributed by atoms with Gasteiger partial charge < -0.3 is 14.2 Å². The molecule has 16 heavy (non-hydrogen) atoms. The minimum Gasteiger partial charge on any atom is -0.378 e. The number of carbonyl (C=O) groups excluding carboxylic acids is 1. The molecule has 2 rings (SSSR count). The molecule has 0 unspecified atom stereocenters. The number of aryl methyl sites for hydroxylation is 1. The van der Waals surface area contributed by atoms with E-state index < -0.39 is 0 Å². The lowest BCUT2D eigenvalue weighted by molar-refractivity contribution is 0.0563. The summed E-state index contributed by atoms with van der Waals surface area (Å²) < 4.78 is 10.2. The minimum absolute atomic E-state index is 0.164. The fourth-order valence-electron chi connectivity index (χ4n) is 1.47. The molecule has 0 saturated carbocycles. The van der Waals surface area contributed by atoms with Gasteiger partial charge in [-0.1, -0.05) is 5.16 Å². The van der Waals surface area contributed by atoms with Crippen LogP contribution in [0.2, 0.25) is 0 Å². The van der Waals surface area contributed by atoms with Gasteiger partial charge in [0.25, 0.3) is 0 Å². The van der Waals surface area contributed by atoms with Crippen LogP contribution in [0.25, 0.3) is 0 Å². The molecular formula is C10H15N3O3. The lowest BCUT2D eigenvalue weighted by Crippen LogP contribution is -2.43. The van der Waals surface area contributed by atoms with Gasteiger partial charge >= 0.3 is 6.03 Å². The third-order valence-corrected chi connectivity index (χ3v) is 2.68. The zero-order valence-electron chi connectivity index (χ0n) is 9.45. The number of ether oxygens (including phenoxy) is 1. The number of aromatic nitrogens is 1. The molecule has 0 atom stereocenters. The number of morpholine rings is 1. The second kappa shape index (κ2) is 4.52. The van der Waals surface area contributed by atoms with Gasteiger partial charge in [0.05, 0.1) is 18.9 Å². The predicted molar refractivity (Wildman–Crippen MR) is 57.4 cm³/mol. The Morgan fingerprint density at radius 1 is 1.38 bits per heavy atom. The van der Waals surface area contributed by atoms with Crippen molar-refractivity contribution < 1.29 is 14.1 Å². The molecule has 0 aliphatic carbocycles. The molecule has 1 N–H and O–H groups in total. The summed E-state index contributed by atoms with van der Waals surface area (Å²) >= 11 is 0. The van der Waals surface area contributed by atoms with Crippen LogP contribution in [-0.4, -0.2) is 42.4 Å². The van der Waals surface area contributed by atoms with Crippen molar-refractivity contribution in [3.05, 3.63) is 11.3 Å². The van der Waals surface area contributed by atoms with E-state index >= 15 is 0 Å². The summed E-state index contributed by atoms with van der Waals surface area (Å²) in [6.45, 7) is 6.09. The molecule has 1 aromatic rings. The van der Waals surface area contributed by atoms with Crippen molar-refractivity contribution in [1.82, 2.24) is 10.1 Å². The lowest BCUT2D eigenvalue weighted by Gasteiger charge is -2.26. The smallest absolute Gasteiger partial charge is 0.324 e. The molecule has 88 valence electrons. The van der Waals surface area contributed by atoms with E-state index in [4.69, 9.17) is 9.26 Å². The number of amides is 2. The number of rotatable bonds is 1. The van der Waals surface area contributed by atoms with E-state index in [2.05, 4.69) is 10.5 Å². The van der Waals surface area contributed by atoms with Gasteiger partial charge in [-0.3, -0.25) is 5.32 Å². The molecule has 0 radical (unpaired) electrons. The topological polar surface area (TPSA) is 67.6 Å². The zero-order chi connectivity index (χ0) is 11.5. The van der Waals surface area contributed by atoms with Crippen molar-refractivity contribution in [3.8, 4) is 0 Å². The lowest BCUT2D eigenvalue weighted by atomic mass is 10.3. The SMILES string of the molecule is Cc1noc(NC(=O)N2CCOCC2)c1C. The predicted octanol–water partition coefficient (Wildman–Crippen LogP) is 1.16. The number of carbonyl (C=O) groups is 1. The average Bonchev–Trinajstić information content (AvgIpc) is 2.62. The quantitative estimate of drug-likeness (QED) is 0.778. The molecule has 1 aliphatic heterocycles.